The molecule has 0 heterocycles. The van der Waals surface area contributed by atoms with Gasteiger partial charge >= 0.3 is 0 Å². The van der Waals surface area contributed by atoms with Crippen molar-refractivity contribution in [2.45, 2.75) is 123 Å². The zero-order chi connectivity index (χ0) is 18.0. The van der Waals surface area contributed by atoms with Crippen molar-refractivity contribution < 1.29 is 15.1 Å². The van der Waals surface area contributed by atoms with Crippen LogP contribution in [0.4, 0.5) is 0 Å². The maximum Gasteiger partial charge on any atom is 0.130 e. The predicted molar refractivity (Wildman–Crippen MR) is 101 cm³/mol. The summed E-state index contributed by atoms with van der Waals surface area (Å²) in [6.45, 7) is 6.02. The van der Waals surface area contributed by atoms with Crippen molar-refractivity contribution in [3.63, 3.8) is 0 Å². The largest absolute Gasteiger partial charge is 0.376 e. The number of rotatable bonds is 18. The van der Waals surface area contributed by atoms with E-state index in [1.54, 1.807) is 13.8 Å². The fraction of sp³-hybridized carbons (Fsp3) is 1.00. The molecule has 0 saturated carbocycles. The molecule has 146 valence electrons. The number of hydrogen-bond donors (Lipinski definition) is 2. The highest BCUT2D eigenvalue weighted by Gasteiger charge is 2.16. The van der Waals surface area contributed by atoms with E-state index in [4.69, 9.17) is 4.84 Å². The first-order valence-corrected chi connectivity index (χ1v) is 10.4. The van der Waals surface area contributed by atoms with Crippen molar-refractivity contribution in [1.29, 1.82) is 0 Å². The Morgan fingerprint density at radius 1 is 0.625 bits per heavy atom. The van der Waals surface area contributed by atoms with Gasteiger partial charge in [0, 0.05) is 0 Å². The zero-order valence-electron chi connectivity index (χ0n) is 16.5. The van der Waals surface area contributed by atoms with E-state index < -0.39 is 12.5 Å². The van der Waals surface area contributed by atoms with E-state index >= 15 is 0 Å². The minimum Gasteiger partial charge on any atom is -0.376 e. The van der Waals surface area contributed by atoms with Crippen LogP contribution in [-0.2, 0) is 4.84 Å². The quantitative estimate of drug-likeness (QED) is 0.199. The van der Waals surface area contributed by atoms with Gasteiger partial charge in [-0.2, -0.15) is 0 Å². The maximum atomic E-state index is 9.44. The lowest BCUT2D eigenvalue weighted by molar-refractivity contribution is -0.292. The second-order valence-corrected chi connectivity index (χ2v) is 7.05. The standard InChI is InChI=1S/C20H43NO3/c1-4-5-6-7-8-9-10-11-12-13-14-15-16-17-18-24-21(19(2)22)20(3)23/h19-20,22-23H,4-18H2,1-3H3. The highest BCUT2D eigenvalue weighted by molar-refractivity contribution is 4.50. The summed E-state index contributed by atoms with van der Waals surface area (Å²) in [6, 6.07) is 0. The minimum atomic E-state index is -0.781. The van der Waals surface area contributed by atoms with Gasteiger partial charge in [-0.15, -0.1) is 5.06 Å². The predicted octanol–water partition coefficient (Wildman–Crippen LogP) is 5.38. The van der Waals surface area contributed by atoms with E-state index in [2.05, 4.69) is 6.92 Å². The van der Waals surface area contributed by atoms with Crippen LogP contribution >= 0.6 is 0 Å². The lowest BCUT2D eigenvalue weighted by Crippen LogP contribution is -2.40. The van der Waals surface area contributed by atoms with E-state index in [0.717, 1.165) is 12.8 Å². The molecule has 0 spiro atoms. The normalized spacial score (nSPS) is 14.2. The van der Waals surface area contributed by atoms with Crippen LogP contribution in [0.1, 0.15) is 111 Å². The summed E-state index contributed by atoms with van der Waals surface area (Å²) >= 11 is 0. The van der Waals surface area contributed by atoms with Crippen molar-refractivity contribution in [3.8, 4) is 0 Å². The molecule has 0 aliphatic rings. The van der Waals surface area contributed by atoms with Crippen molar-refractivity contribution in [2.75, 3.05) is 6.61 Å². The van der Waals surface area contributed by atoms with Gasteiger partial charge in [0.2, 0.25) is 0 Å². The first-order valence-electron chi connectivity index (χ1n) is 10.4. The molecule has 0 fully saturated rings. The van der Waals surface area contributed by atoms with Crippen LogP contribution in [0.2, 0.25) is 0 Å². The lowest BCUT2D eigenvalue weighted by Gasteiger charge is -2.26. The molecule has 0 amide bonds. The lowest BCUT2D eigenvalue weighted by atomic mass is 10.0. The first-order chi connectivity index (χ1) is 11.6. The van der Waals surface area contributed by atoms with Crippen molar-refractivity contribution in [2.24, 2.45) is 0 Å². The Balaban J connectivity index is 3.20. The molecule has 2 atom stereocenters. The van der Waals surface area contributed by atoms with Crippen LogP contribution in [0.25, 0.3) is 0 Å². The molecule has 0 radical (unpaired) electrons. The van der Waals surface area contributed by atoms with Crippen molar-refractivity contribution >= 4 is 0 Å². The van der Waals surface area contributed by atoms with Gasteiger partial charge in [0.05, 0.1) is 6.61 Å². The van der Waals surface area contributed by atoms with E-state index in [9.17, 15) is 10.2 Å². The molecule has 4 heteroatoms. The molecule has 0 aromatic rings. The first kappa shape index (κ1) is 23.8. The van der Waals surface area contributed by atoms with E-state index in [1.807, 2.05) is 0 Å². The number of hydrogen-bond acceptors (Lipinski definition) is 4. The topological polar surface area (TPSA) is 52.9 Å². The third kappa shape index (κ3) is 15.4. The zero-order valence-corrected chi connectivity index (χ0v) is 16.5. The van der Waals surface area contributed by atoms with Gasteiger partial charge in [-0.3, -0.25) is 4.84 Å². The van der Waals surface area contributed by atoms with Crippen molar-refractivity contribution in [1.82, 2.24) is 5.06 Å². The van der Waals surface area contributed by atoms with Gasteiger partial charge in [0.25, 0.3) is 0 Å². The second kappa shape index (κ2) is 17.7. The number of aliphatic hydroxyl groups is 2. The molecule has 2 N–H and O–H groups in total. The van der Waals surface area contributed by atoms with Gasteiger partial charge in [0.1, 0.15) is 12.5 Å². The molecule has 0 aliphatic carbocycles. The summed E-state index contributed by atoms with van der Waals surface area (Å²) in [5.41, 5.74) is 0. The molecular weight excluding hydrogens is 302 g/mol. The van der Waals surface area contributed by atoms with Crippen LogP contribution in [0.3, 0.4) is 0 Å². The number of nitrogens with zero attached hydrogens (tertiary/aromatic N) is 1. The van der Waals surface area contributed by atoms with Crippen LogP contribution in [0, 0.1) is 0 Å². The molecule has 2 unspecified atom stereocenters. The van der Waals surface area contributed by atoms with Crippen LogP contribution in [-0.4, -0.2) is 34.3 Å². The minimum absolute atomic E-state index is 0.563. The van der Waals surface area contributed by atoms with E-state index in [-0.39, 0.29) is 0 Å². The Morgan fingerprint density at radius 3 is 1.29 bits per heavy atom. The SMILES string of the molecule is CCCCCCCCCCCCCCCCON(C(C)O)C(C)O. The fourth-order valence-electron chi connectivity index (χ4n) is 2.99. The third-order valence-corrected chi connectivity index (χ3v) is 4.47. The number of unbranched alkanes of at least 4 members (excludes halogenated alkanes) is 13. The monoisotopic (exact) mass is 345 g/mol. The Morgan fingerprint density at radius 2 is 0.958 bits per heavy atom. The second-order valence-electron chi connectivity index (χ2n) is 7.05. The van der Waals surface area contributed by atoms with Gasteiger partial charge < -0.3 is 10.2 Å². The molecule has 0 aliphatic heterocycles. The molecule has 0 saturated heterocycles. The molecule has 0 aromatic carbocycles. The fourth-order valence-corrected chi connectivity index (χ4v) is 2.99. The third-order valence-electron chi connectivity index (χ3n) is 4.47. The summed E-state index contributed by atoms with van der Waals surface area (Å²) in [5.74, 6) is 0. The Labute approximate surface area is 150 Å². The Kier molecular flexibility index (Phi) is 17.5. The molecular formula is C20H43NO3. The van der Waals surface area contributed by atoms with Gasteiger partial charge in [-0.1, -0.05) is 90.4 Å². The van der Waals surface area contributed by atoms with Gasteiger partial charge in [0.15, 0.2) is 0 Å². The Bertz CT molecular complexity index is 239. The number of aliphatic hydroxyl groups excluding tert-OH is 2. The Hall–Kier alpha value is -0.160. The highest BCUT2D eigenvalue weighted by atomic mass is 16.7. The summed E-state index contributed by atoms with van der Waals surface area (Å²) in [6.07, 6.45) is 17.1. The molecule has 24 heavy (non-hydrogen) atoms. The summed E-state index contributed by atoms with van der Waals surface area (Å²) in [4.78, 5) is 5.41. The smallest absolute Gasteiger partial charge is 0.130 e. The van der Waals surface area contributed by atoms with E-state index in [0.29, 0.717) is 6.61 Å². The summed E-state index contributed by atoms with van der Waals surface area (Å²) in [7, 11) is 0. The van der Waals surface area contributed by atoms with Crippen molar-refractivity contribution in [3.05, 3.63) is 0 Å². The van der Waals surface area contributed by atoms with Crippen LogP contribution < -0.4 is 0 Å². The van der Waals surface area contributed by atoms with Gasteiger partial charge in [-0.05, 0) is 20.3 Å². The van der Waals surface area contributed by atoms with E-state index in [1.165, 1.54) is 82.1 Å². The summed E-state index contributed by atoms with van der Waals surface area (Å²) in [5, 5.41) is 20.1. The number of hydroxylamine groups is 2. The molecule has 0 aromatic heterocycles. The average Bonchev–Trinajstić information content (AvgIpc) is 2.53. The average molecular weight is 346 g/mol. The molecule has 0 rings (SSSR count). The molecule has 4 nitrogen and oxygen atoms in total. The van der Waals surface area contributed by atoms with Gasteiger partial charge in [-0.25, -0.2) is 0 Å². The summed E-state index contributed by atoms with van der Waals surface area (Å²) < 4.78 is 0. The highest BCUT2D eigenvalue weighted by Crippen LogP contribution is 2.13. The van der Waals surface area contributed by atoms with Crippen LogP contribution in [0.5, 0.6) is 0 Å². The maximum absolute atomic E-state index is 9.44. The van der Waals surface area contributed by atoms with Crippen LogP contribution in [0.15, 0.2) is 0 Å². The molecule has 0 bridgehead atoms.